The van der Waals surface area contributed by atoms with Gasteiger partial charge >= 0.3 is 8.93 Å². The first-order valence-electron chi connectivity index (χ1n) is 0.928. The first kappa shape index (κ1) is 3.82. The normalized spacial score (nSPS) is 6.25. The molecule has 0 amide bonds. The van der Waals surface area contributed by atoms with Crippen LogP contribution >= 0.6 is 0 Å². The smallest absolute Gasteiger partial charge is 0.496 e. The minimum Gasteiger partial charge on any atom is -0.540 e. The fraction of sp³-hybridized carbons (Fsp3) is 1.00. The second-order valence-electron chi connectivity index (χ2n) is 0.519. The van der Waals surface area contributed by atoms with Crippen molar-refractivity contribution in [2.75, 3.05) is 0 Å². The molecule has 0 bridgehead atoms. The highest BCUT2D eigenvalue weighted by molar-refractivity contribution is 6.30. The summed E-state index contributed by atoms with van der Waals surface area (Å²) >= 11 is 0. The van der Waals surface area contributed by atoms with Crippen molar-refractivity contribution in [1.29, 1.82) is 0 Å². The highest BCUT2D eigenvalue weighted by atomic mass is 28.3. The Kier molecular flexibility index (Phi) is 1.12. The number of hydrogen-bond donors (Lipinski definition) is 1. The maximum absolute atomic E-state index is 9.19. The maximum Gasteiger partial charge on any atom is 0.496 e. The van der Waals surface area contributed by atoms with Crippen molar-refractivity contribution in [2.24, 2.45) is 0 Å². The Labute approximate surface area is 25.9 Å². The van der Waals surface area contributed by atoms with E-state index < -0.39 is 8.93 Å². The van der Waals surface area contributed by atoms with Gasteiger partial charge < -0.3 is 9.26 Å². The highest BCUT2D eigenvalue weighted by Crippen LogP contribution is 1.39. The van der Waals surface area contributed by atoms with Gasteiger partial charge in [0, 0.05) is 6.55 Å². The Balaban J connectivity index is 2.80. The lowest BCUT2D eigenvalue weighted by molar-refractivity contribution is 0.455. The molecule has 3 heteroatoms. The van der Waals surface area contributed by atoms with Crippen molar-refractivity contribution in [3.63, 3.8) is 0 Å². The van der Waals surface area contributed by atoms with Gasteiger partial charge in [-0.05, 0) is 0 Å². The van der Waals surface area contributed by atoms with Crippen molar-refractivity contribution < 1.29 is 9.26 Å². The van der Waals surface area contributed by atoms with Crippen LogP contribution in [-0.2, 0) is 4.46 Å². The van der Waals surface area contributed by atoms with Gasteiger partial charge in [-0.1, -0.05) is 0 Å². The van der Waals surface area contributed by atoms with Crippen LogP contribution in [0.3, 0.4) is 0 Å². The molecule has 1 N–H and O–H groups in total. The first-order chi connectivity index (χ1) is 1.73. The zero-order valence-electron chi connectivity index (χ0n) is 2.36. The van der Waals surface area contributed by atoms with Gasteiger partial charge in [0.1, 0.15) is 0 Å². The van der Waals surface area contributed by atoms with Gasteiger partial charge in [-0.15, -0.1) is 0 Å². The predicted octanol–water partition coefficient (Wildman–Crippen LogP) is -0.473. The van der Waals surface area contributed by atoms with E-state index in [9.17, 15) is 4.46 Å². The average molecular weight is 76.1 g/mol. The van der Waals surface area contributed by atoms with Crippen LogP contribution in [0.4, 0.5) is 0 Å². The lowest BCUT2D eigenvalue weighted by Crippen LogP contribution is -1.82. The molecule has 2 nitrogen and oxygen atoms in total. The molecule has 0 unspecified atom stereocenters. The molecule has 0 fully saturated rings. The van der Waals surface area contributed by atoms with Crippen LogP contribution in [0.2, 0.25) is 6.55 Å². The van der Waals surface area contributed by atoms with E-state index in [1.165, 1.54) is 6.55 Å². The fourth-order valence-electron chi connectivity index (χ4n) is 0. The zero-order valence-corrected chi connectivity index (χ0v) is 3.36. The minimum atomic E-state index is -2.13. The summed E-state index contributed by atoms with van der Waals surface area (Å²) in [5.41, 5.74) is 0. The predicted molar refractivity (Wildman–Crippen MR) is 14.5 cm³/mol. The van der Waals surface area contributed by atoms with Crippen LogP contribution < -0.4 is 0 Å². The molecule has 0 spiro atoms. The molecule has 0 rings (SSSR count). The number of hydrogen-bond acceptors (Lipinski definition) is 1. The zero-order chi connectivity index (χ0) is 3.58. The van der Waals surface area contributed by atoms with Gasteiger partial charge in [-0.2, -0.15) is 0 Å². The number of rotatable bonds is 0. The van der Waals surface area contributed by atoms with Crippen molar-refractivity contribution in [3.05, 3.63) is 0 Å². The molecule has 24 valence electrons. The summed E-state index contributed by atoms with van der Waals surface area (Å²) < 4.78 is 9.19. The van der Waals surface area contributed by atoms with Crippen LogP contribution in [0, 0.1) is 0 Å². The van der Waals surface area contributed by atoms with E-state index in [-0.39, 0.29) is 0 Å². The van der Waals surface area contributed by atoms with Crippen LogP contribution in [0.1, 0.15) is 0 Å². The first-order valence-corrected chi connectivity index (χ1v) is 2.78. The average Bonchev–Trinajstić information content (AvgIpc) is 0.811. The van der Waals surface area contributed by atoms with E-state index >= 15 is 0 Å². The fourth-order valence-corrected chi connectivity index (χ4v) is 0. The second-order valence-corrected chi connectivity index (χ2v) is 1.56. The topological polar surface area (TPSA) is 37.3 Å². The van der Waals surface area contributed by atoms with Gasteiger partial charge in [-0.3, -0.25) is 0 Å². The van der Waals surface area contributed by atoms with Crippen molar-refractivity contribution >= 4 is 8.93 Å². The summed E-state index contributed by atoms with van der Waals surface area (Å²) in [7, 11) is -2.13. The molecular formula is CH4O2Si. The molecule has 4 heavy (non-hydrogen) atoms. The van der Waals surface area contributed by atoms with Gasteiger partial charge in [0.15, 0.2) is 0 Å². The van der Waals surface area contributed by atoms with E-state index in [4.69, 9.17) is 4.80 Å². The lowest BCUT2D eigenvalue weighted by Gasteiger charge is -1.55. The molecule has 0 aliphatic rings. The van der Waals surface area contributed by atoms with E-state index in [0.29, 0.717) is 0 Å². The third-order valence-electron chi connectivity index (χ3n) is 0. The molecule has 0 aliphatic heterocycles. The van der Waals surface area contributed by atoms with E-state index in [0.717, 1.165) is 0 Å². The van der Waals surface area contributed by atoms with E-state index in [1.807, 2.05) is 0 Å². The maximum atomic E-state index is 9.19. The molecule has 0 aromatic rings. The molecule has 0 aromatic carbocycles. The summed E-state index contributed by atoms with van der Waals surface area (Å²) in [5, 5.41) is 0. The van der Waals surface area contributed by atoms with Crippen molar-refractivity contribution in [1.82, 2.24) is 0 Å². The molecule has 0 saturated heterocycles. The van der Waals surface area contributed by atoms with Crippen LogP contribution in [0.15, 0.2) is 0 Å². The largest absolute Gasteiger partial charge is 0.540 e. The molecule has 0 atom stereocenters. The van der Waals surface area contributed by atoms with Gasteiger partial charge in [-0.25, -0.2) is 0 Å². The third kappa shape index (κ3) is 36.2. The molecule has 0 saturated carbocycles. The van der Waals surface area contributed by atoms with Crippen LogP contribution in [0.25, 0.3) is 0 Å². The van der Waals surface area contributed by atoms with Crippen molar-refractivity contribution in [3.8, 4) is 0 Å². The summed E-state index contributed by atoms with van der Waals surface area (Å²) in [5.74, 6) is 0. The van der Waals surface area contributed by atoms with Gasteiger partial charge in [0.05, 0.1) is 0 Å². The molecule has 0 radical (unpaired) electrons. The highest BCUT2D eigenvalue weighted by Gasteiger charge is 1.75. The second kappa shape index (κ2) is 1.17. The Hall–Kier alpha value is -0.183. The Morgan fingerprint density at radius 3 is 2.00 bits per heavy atom. The molecule has 0 heterocycles. The van der Waals surface area contributed by atoms with E-state index in [2.05, 4.69) is 0 Å². The molecular weight excluding hydrogens is 72.1 g/mol. The molecule has 0 aromatic heterocycles. The Morgan fingerprint density at radius 1 is 2.00 bits per heavy atom. The summed E-state index contributed by atoms with van der Waals surface area (Å²) in [6.07, 6.45) is 0. The minimum absolute atomic E-state index is 1.27. The molecule has 0 aliphatic carbocycles. The summed E-state index contributed by atoms with van der Waals surface area (Å²) in [4.78, 5) is 7.60. The van der Waals surface area contributed by atoms with Gasteiger partial charge in [0.2, 0.25) is 0 Å². The Bertz CT molecular complexity index is 29.0. The summed E-state index contributed by atoms with van der Waals surface area (Å²) in [6, 6.07) is 0. The van der Waals surface area contributed by atoms with Gasteiger partial charge in [0.25, 0.3) is 0 Å². The standard InChI is InChI=1S/CH4O2Si/c1-4(2)3/h2H,1H3. The van der Waals surface area contributed by atoms with E-state index in [1.54, 1.807) is 0 Å². The third-order valence-corrected chi connectivity index (χ3v) is 0. The Morgan fingerprint density at radius 2 is 2.00 bits per heavy atom. The SMILES string of the molecule is C[Si](=O)O. The van der Waals surface area contributed by atoms with Crippen molar-refractivity contribution in [2.45, 2.75) is 6.55 Å². The summed E-state index contributed by atoms with van der Waals surface area (Å²) in [6.45, 7) is 1.27. The lowest BCUT2D eigenvalue weighted by atomic mass is 11.9. The monoisotopic (exact) mass is 76.0 g/mol. The quantitative estimate of drug-likeness (QED) is 0.396. The van der Waals surface area contributed by atoms with Crippen LogP contribution in [0.5, 0.6) is 0 Å². The van der Waals surface area contributed by atoms with Crippen LogP contribution in [-0.4, -0.2) is 13.7 Å².